The predicted octanol–water partition coefficient (Wildman–Crippen LogP) is 1.06. The Morgan fingerprint density at radius 3 is 3.17 bits per heavy atom. The number of rotatable bonds is 2. The zero-order chi connectivity index (χ0) is 12.7. The van der Waals surface area contributed by atoms with Crippen LogP contribution in [0.5, 0.6) is 0 Å². The largest absolute Gasteiger partial charge is 0.467 e. The lowest BCUT2D eigenvalue weighted by Crippen LogP contribution is -2.30. The highest BCUT2D eigenvalue weighted by Gasteiger charge is 2.31. The lowest BCUT2D eigenvalue weighted by atomic mass is 10.4. The molecule has 0 saturated heterocycles. The minimum Gasteiger partial charge on any atom is -0.467 e. The minimum absolute atomic E-state index is 0.0894. The van der Waals surface area contributed by atoms with E-state index in [-0.39, 0.29) is 16.6 Å². The number of nitrogens with zero attached hydrogens (tertiary/aromatic N) is 2. The number of alkyl halides is 1. The van der Waals surface area contributed by atoms with Crippen LogP contribution in [0.1, 0.15) is 5.76 Å². The van der Waals surface area contributed by atoms with Crippen molar-refractivity contribution in [1.82, 2.24) is 9.97 Å². The van der Waals surface area contributed by atoms with Gasteiger partial charge in [0.25, 0.3) is 5.56 Å². The molecule has 0 fully saturated rings. The highest BCUT2D eigenvalue weighted by molar-refractivity contribution is 9.09. The van der Waals surface area contributed by atoms with Crippen LogP contribution in [0.3, 0.4) is 0 Å². The lowest BCUT2D eigenvalue weighted by Gasteiger charge is -2.19. The van der Waals surface area contributed by atoms with Gasteiger partial charge >= 0.3 is 0 Å². The SMILES string of the molecule is Nc1nc2c(c(=O)[nH]1)NC(Br)N2Cc1ccco1. The Hall–Kier alpha value is -1.96. The molecule has 94 valence electrons. The number of hydrogen-bond acceptors (Lipinski definition) is 6. The smallest absolute Gasteiger partial charge is 0.277 e. The van der Waals surface area contributed by atoms with E-state index in [1.165, 1.54) is 0 Å². The van der Waals surface area contributed by atoms with E-state index in [1.807, 2.05) is 17.0 Å². The molecule has 3 rings (SSSR count). The summed E-state index contributed by atoms with van der Waals surface area (Å²) >= 11 is 3.43. The van der Waals surface area contributed by atoms with E-state index in [4.69, 9.17) is 10.2 Å². The van der Waals surface area contributed by atoms with Crippen LogP contribution in [-0.4, -0.2) is 15.0 Å². The van der Waals surface area contributed by atoms with E-state index in [9.17, 15) is 4.79 Å². The number of H-pyrrole nitrogens is 1. The third kappa shape index (κ3) is 1.74. The first kappa shape index (κ1) is 11.1. The summed E-state index contributed by atoms with van der Waals surface area (Å²) in [5, 5.41) is 2.77. The summed E-state index contributed by atoms with van der Waals surface area (Å²) in [6.07, 6.45) is 1.60. The highest BCUT2D eigenvalue weighted by Crippen LogP contribution is 2.33. The third-order valence-electron chi connectivity index (χ3n) is 2.63. The summed E-state index contributed by atoms with van der Waals surface area (Å²) in [5.41, 5.74) is 5.67. The first-order valence-corrected chi connectivity index (χ1v) is 6.16. The topological polar surface area (TPSA) is 100 Å². The fourth-order valence-electron chi connectivity index (χ4n) is 1.85. The van der Waals surface area contributed by atoms with Crippen molar-refractivity contribution in [3.05, 3.63) is 34.5 Å². The molecule has 3 heterocycles. The number of furan rings is 1. The number of aromatic amines is 1. The molecule has 0 aliphatic carbocycles. The molecule has 2 aromatic rings. The first-order valence-electron chi connectivity index (χ1n) is 5.24. The third-order valence-corrected chi connectivity index (χ3v) is 3.36. The van der Waals surface area contributed by atoms with Gasteiger partial charge in [-0.25, -0.2) is 0 Å². The molecule has 1 aliphatic heterocycles. The number of nitrogens with two attached hydrogens (primary N) is 1. The van der Waals surface area contributed by atoms with Gasteiger partial charge in [-0.2, -0.15) is 4.98 Å². The number of hydrogen-bond donors (Lipinski definition) is 3. The lowest BCUT2D eigenvalue weighted by molar-refractivity contribution is 0.503. The molecule has 0 bridgehead atoms. The monoisotopic (exact) mass is 311 g/mol. The summed E-state index contributed by atoms with van der Waals surface area (Å²) < 4.78 is 5.28. The van der Waals surface area contributed by atoms with Crippen molar-refractivity contribution in [3.8, 4) is 0 Å². The molecule has 0 saturated carbocycles. The Balaban J connectivity index is 2.01. The van der Waals surface area contributed by atoms with Crippen molar-refractivity contribution in [1.29, 1.82) is 0 Å². The van der Waals surface area contributed by atoms with Gasteiger partial charge in [0, 0.05) is 0 Å². The average Bonchev–Trinajstić information content (AvgIpc) is 2.91. The van der Waals surface area contributed by atoms with E-state index in [1.54, 1.807) is 6.26 Å². The Labute approximate surface area is 110 Å². The zero-order valence-electron chi connectivity index (χ0n) is 9.18. The molecule has 4 N–H and O–H groups in total. The number of aromatic nitrogens is 2. The fourth-order valence-corrected chi connectivity index (χ4v) is 2.41. The maximum absolute atomic E-state index is 11.7. The van der Waals surface area contributed by atoms with Crippen LogP contribution in [0.25, 0.3) is 0 Å². The van der Waals surface area contributed by atoms with E-state index in [2.05, 4.69) is 31.2 Å². The van der Waals surface area contributed by atoms with Crippen LogP contribution in [0, 0.1) is 0 Å². The molecular formula is C10H10BrN5O2. The molecule has 1 aliphatic rings. The van der Waals surface area contributed by atoms with Gasteiger partial charge in [-0.1, -0.05) is 0 Å². The maximum atomic E-state index is 11.7. The van der Waals surface area contributed by atoms with Gasteiger partial charge in [0.1, 0.15) is 11.4 Å². The van der Waals surface area contributed by atoms with Crippen molar-refractivity contribution in [2.75, 3.05) is 16.0 Å². The van der Waals surface area contributed by atoms with E-state index in [0.717, 1.165) is 5.76 Å². The number of anilines is 3. The normalized spacial score (nSPS) is 17.6. The van der Waals surface area contributed by atoms with Gasteiger partial charge in [0.15, 0.2) is 10.9 Å². The predicted molar refractivity (Wildman–Crippen MR) is 70.5 cm³/mol. The Bertz CT molecular complexity index is 624. The summed E-state index contributed by atoms with van der Waals surface area (Å²) in [5.74, 6) is 1.37. The van der Waals surface area contributed by atoms with Gasteiger partial charge in [-0.15, -0.1) is 0 Å². The highest BCUT2D eigenvalue weighted by atomic mass is 79.9. The quantitative estimate of drug-likeness (QED) is 0.566. The Kier molecular flexibility index (Phi) is 2.51. The van der Waals surface area contributed by atoms with Crippen LogP contribution in [0.15, 0.2) is 27.6 Å². The summed E-state index contributed by atoms with van der Waals surface area (Å²) in [4.78, 5) is 20.2. The molecule has 2 aromatic heterocycles. The summed E-state index contributed by atoms with van der Waals surface area (Å²) in [7, 11) is 0. The standard InChI is InChI=1S/C10H10BrN5O2/c11-9-13-6-7(14-10(12)15-8(6)17)16(9)4-5-2-1-3-18-5/h1-3,9,13H,4H2,(H3,12,14,15,17). The molecule has 1 atom stereocenters. The molecule has 0 radical (unpaired) electrons. The molecule has 8 heteroatoms. The molecule has 0 amide bonds. The molecule has 18 heavy (non-hydrogen) atoms. The van der Waals surface area contributed by atoms with E-state index >= 15 is 0 Å². The molecule has 0 spiro atoms. The van der Waals surface area contributed by atoms with Crippen LogP contribution in [0.2, 0.25) is 0 Å². The van der Waals surface area contributed by atoms with Gasteiger partial charge < -0.3 is 20.4 Å². The van der Waals surface area contributed by atoms with E-state index in [0.29, 0.717) is 18.1 Å². The number of nitrogens with one attached hydrogen (secondary N) is 2. The second-order valence-electron chi connectivity index (χ2n) is 3.84. The van der Waals surface area contributed by atoms with Gasteiger partial charge in [0.05, 0.1) is 12.8 Å². The Morgan fingerprint density at radius 2 is 2.44 bits per heavy atom. The number of nitrogen functional groups attached to an aromatic ring is 1. The van der Waals surface area contributed by atoms with Crippen molar-refractivity contribution in [2.45, 2.75) is 11.6 Å². The second kappa shape index (κ2) is 4.05. The van der Waals surface area contributed by atoms with Gasteiger partial charge in [-0.3, -0.25) is 9.78 Å². The summed E-state index contributed by atoms with van der Waals surface area (Å²) in [6, 6.07) is 3.66. The average molecular weight is 312 g/mol. The molecule has 0 aromatic carbocycles. The van der Waals surface area contributed by atoms with Crippen LogP contribution in [-0.2, 0) is 6.54 Å². The Morgan fingerprint density at radius 1 is 1.61 bits per heavy atom. The summed E-state index contributed by atoms with van der Waals surface area (Å²) in [6.45, 7) is 0.485. The van der Waals surface area contributed by atoms with Crippen LogP contribution < -0.4 is 21.5 Å². The molecular weight excluding hydrogens is 302 g/mol. The van der Waals surface area contributed by atoms with Crippen molar-refractivity contribution in [3.63, 3.8) is 0 Å². The molecule has 1 unspecified atom stereocenters. The van der Waals surface area contributed by atoms with Gasteiger partial charge in [-0.05, 0) is 28.1 Å². The second-order valence-corrected chi connectivity index (χ2v) is 4.70. The van der Waals surface area contributed by atoms with Crippen molar-refractivity contribution in [2.24, 2.45) is 0 Å². The minimum atomic E-state index is -0.288. The number of fused-ring (bicyclic) bond motifs is 1. The van der Waals surface area contributed by atoms with Crippen molar-refractivity contribution < 1.29 is 4.42 Å². The van der Waals surface area contributed by atoms with Crippen LogP contribution >= 0.6 is 15.9 Å². The molecule has 7 nitrogen and oxygen atoms in total. The van der Waals surface area contributed by atoms with E-state index < -0.39 is 0 Å². The number of halogens is 1. The van der Waals surface area contributed by atoms with Crippen molar-refractivity contribution >= 4 is 33.4 Å². The maximum Gasteiger partial charge on any atom is 0.277 e. The van der Waals surface area contributed by atoms with Gasteiger partial charge in [0.2, 0.25) is 5.95 Å². The fraction of sp³-hybridized carbons (Fsp3) is 0.200. The zero-order valence-corrected chi connectivity index (χ0v) is 10.8. The first-order chi connectivity index (χ1) is 8.65. The van der Waals surface area contributed by atoms with Crippen LogP contribution in [0.4, 0.5) is 17.5 Å².